The van der Waals surface area contributed by atoms with Gasteiger partial charge in [-0.05, 0) is 38.1 Å². The third kappa shape index (κ3) is 3.50. The summed E-state index contributed by atoms with van der Waals surface area (Å²) < 4.78 is 27.0. The Morgan fingerprint density at radius 3 is 2.46 bits per heavy atom. The molecule has 1 aliphatic heterocycles. The van der Waals surface area contributed by atoms with E-state index in [1.54, 1.807) is 4.90 Å². The van der Waals surface area contributed by atoms with Crippen LogP contribution < -0.4 is 4.90 Å². The monoisotopic (exact) mass is 332 g/mol. The van der Waals surface area contributed by atoms with Gasteiger partial charge in [0, 0.05) is 36.6 Å². The zero-order valence-electron chi connectivity index (χ0n) is 13.6. The number of hydrogen-bond donors (Lipinski definition) is 0. The van der Waals surface area contributed by atoms with Gasteiger partial charge in [-0.3, -0.25) is 4.79 Å². The van der Waals surface area contributed by atoms with Gasteiger partial charge < -0.3 is 9.80 Å². The van der Waals surface area contributed by atoms with Crippen molar-refractivity contribution in [1.82, 2.24) is 14.9 Å². The summed E-state index contributed by atoms with van der Waals surface area (Å²) in [4.78, 5) is 24.4. The van der Waals surface area contributed by atoms with Gasteiger partial charge in [0.1, 0.15) is 18.2 Å². The average Bonchev–Trinajstić information content (AvgIpc) is 2.52. The van der Waals surface area contributed by atoms with Crippen LogP contribution >= 0.6 is 0 Å². The highest BCUT2D eigenvalue weighted by Gasteiger charge is 2.26. The van der Waals surface area contributed by atoms with Gasteiger partial charge >= 0.3 is 0 Å². The van der Waals surface area contributed by atoms with Crippen molar-refractivity contribution in [2.45, 2.75) is 20.4 Å². The van der Waals surface area contributed by atoms with Crippen LogP contribution in [0, 0.1) is 25.5 Å². The molecule has 0 radical (unpaired) electrons. The molecule has 2 aromatic rings. The highest BCUT2D eigenvalue weighted by Crippen LogP contribution is 2.17. The number of aryl methyl sites for hydroxylation is 2. The van der Waals surface area contributed by atoms with Crippen molar-refractivity contribution in [2.24, 2.45) is 0 Å². The summed E-state index contributed by atoms with van der Waals surface area (Å²) >= 11 is 0. The Bertz CT molecular complexity index is 761. The molecule has 1 saturated heterocycles. The maximum absolute atomic E-state index is 13.7. The van der Waals surface area contributed by atoms with E-state index in [0.717, 1.165) is 29.6 Å². The van der Waals surface area contributed by atoms with Crippen LogP contribution in [-0.2, 0) is 11.3 Å². The minimum Gasteiger partial charge on any atom is -0.335 e. The first-order chi connectivity index (χ1) is 11.4. The molecule has 0 bridgehead atoms. The molecule has 1 fully saturated rings. The Balaban J connectivity index is 1.71. The second-order valence-electron chi connectivity index (χ2n) is 5.92. The van der Waals surface area contributed by atoms with Gasteiger partial charge in [-0.25, -0.2) is 18.7 Å². The first-order valence-electron chi connectivity index (χ1n) is 7.71. The molecule has 1 aromatic carbocycles. The first kappa shape index (κ1) is 16.3. The van der Waals surface area contributed by atoms with Crippen molar-refractivity contribution in [1.29, 1.82) is 0 Å². The molecule has 0 N–H and O–H groups in total. The van der Waals surface area contributed by atoms with Crippen LogP contribution in [0.4, 0.5) is 14.7 Å². The number of amides is 1. The van der Waals surface area contributed by atoms with E-state index in [1.165, 1.54) is 4.90 Å². The molecule has 1 aromatic heterocycles. The minimum atomic E-state index is -0.513. The molecule has 0 unspecified atom stereocenters. The largest absolute Gasteiger partial charge is 0.335 e. The highest BCUT2D eigenvalue weighted by molar-refractivity contribution is 5.82. The smallest absolute Gasteiger partial charge is 0.242 e. The number of nitrogens with zero attached hydrogens (tertiary/aromatic N) is 4. The number of benzene rings is 1. The number of carbonyl (C=O) groups is 1. The van der Waals surface area contributed by atoms with E-state index in [2.05, 4.69) is 9.97 Å². The minimum absolute atomic E-state index is 0.0595. The lowest BCUT2D eigenvalue weighted by Gasteiger charge is -2.34. The fourth-order valence-electron chi connectivity index (χ4n) is 2.77. The first-order valence-corrected chi connectivity index (χ1v) is 7.71. The van der Waals surface area contributed by atoms with Crippen molar-refractivity contribution < 1.29 is 13.6 Å². The molecule has 0 spiro atoms. The molecule has 1 aliphatic rings. The summed E-state index contributed by atoms with van der Waals surface area (Å²) in [6.07, 6.45) is 0. The van der Waals surface area contributed by atoms with Crippen molar-refractivity contribution in [3.63, 3.8) is 0 Å². The summed E-state index contributed by atoms with van der Waals surface area (Å²) in [5.41, 5.74) is 1.86. The summed E-state index contributed by atoms with van der Waals surface area (Å²) in [5, 5.41) is 0. The number of halogens is 2. The van der Waals surface area contributed by atoms with Gasteiger partial charge in [0.2, 0.25) is 11.9 Å². The van der Waals surface area contributed by atoms with E-state index in [-0.39, 0.29) is 24.6 Å². The number of aromatic nitrogens is 2. The number of carbonyl (C=O) groups excluding carboxylic acids is 1. The molecular formula is C17H18F2N4O. The molecule has 24 heavy (non-hydrogen) atoms. The Labute approximate surface area is 138 Å². The lowest BCUT2D eigenvalue weighted by Crippen LogP contribution is -2.50. The van der Waals surface area contributed by atoms with E-state index in [1.807, 2.05) is 19.9 Å². The SMILES string of the molecule is Cc1cc(C)nc(N2CCN(Cc3cc(F)ccc3F)C(=O)C2)n1. The molecule has 0 atom stereocenters. The summed E-state index contributed by atoms with van der Waals surface area (Å²) in [6, 6.07) is 5.14. The number of piperazine rings is 1. The molecule has 0 saturated carbocycles. The quantitative estimate of drug-likeness (QED) is 0.865. The van der Waals surface area contributed by atoms with Crippen LogP contribution in [0.15, 0.2) is 24.3 Å². The lowest BCUT2D eigenvalue weighted by molar-refractivity contribution is -0.131. The van der Waals surface area contributed by atoms with Crippen molar-refractivity contribution in [3.05, 3.63) is 52.9 Å². The van der Waals surface area contributed by atoms with Gasteiger partial charge in [0.15, 0.2) is 0 Å². The van der Waals surface area contributed by atoms with Gasteiger partial charge in [0.25, 0.3) is 0 Å². The van der Waals surface area contributed by atoms with Crippen LogP contribution in [-0.4, -0.2) is 40.4 Å². The molecule has 5 nitrogen and oxygen atoms in total. The van der Waals surface area contributed by atoms with Gasteiger partial charge in [-0.2, -0.15) is 0 Å². The van der Waals surface area contributed by atoms with Crippen LogP contribution in [0.5, 0.6) is 0 Å². The van der Waals surface area contributed by atoms with Crippen LogP contribution in [0.1, 0.15) is 17.0 Å². The summed E-state index contributed by atoms with van der Waals surface area (Å²) in [7, 11) is 0. The van der Waals surface area contributed by atoms with E-state index in [4.69, 9.17) is 0 Å². The number of anilines is 1. The van der Waals surface area contributed by atoms with Crippen molar-refractivity contribution in [2.75, 3.05) is 24.5 Å². The molecule has 2 heterocycles. The van der Waals surface area contributed by atoms with Gasteiger partial charge in [-0.1, -0.05) is 0 Å². The fourth-order valence-corrected chi connectivity index (χ4v) is 2.77. The zero-order chi connectivity index (χ0) is 17.3. The predicted octanol–water partition coefficient (Wildman–Crippen LogP) is 2.22. The fraction of sp³-hybridized carbons (Fsp3) is 0.353. The standard InChI is InChI=1S/C17H18F2N4O/c1-11-7-12(2)21-17(20-11)23-6-5-22(16(24)10-23)9-13-8-14(18)3-4-15(13)19/h3-4,7-8H,5-6,9-10H2,1-2H3. The van der Waals surface area contributed by atoms with E-state index in [0.29, 0.717) is 19.0 Å². The molecule has 3 rings (SSSR count). The van der Waals surface area contributed by atoms with Crippen LogP contribution in [0.2, 0.25) is 0 Å². The lowest BCUT2D eigenvalue weighted by atomic mass is 10.1. The Kier molecular flexibility index (Phi) is 4.42. The Morgan fingerprint density at radius 1 is 1.08 bits per heavy atom. The molecule has 7 heteroatoms. The van der Waals surface area contributed by atoms with Crippen LogP contribution in [0.25, 0.3) is 0 Å². The molecule has 126 valence electrons. The van der Waals surface area contributed by atoms with Crippen LogP contribution in [0.3, 0.4) is 0 Å². The normalized spacial score (nSPS) is 15.1. The van der Waals surface area contributed by atoms with Crippen molar-refractivity contribution >= 4 is 11.9 Å². The van der Waals surface area contributed by atoms with E-state index < -0.39 is 11.6 Å². The van der Waals surface area contributed by atoms with Crippen molar-refractivity contribution in [3.8, 4) is 0 Å². The maximum Gasteiger partial charge on any atom is 0.242 e. The average molecular weight is 332 g/mol. The Hall–Kier alpha value is -2.57. The topological polar surface area (TPSA) is 49.3 Å². The summed E-state index contributed by atoms with van der Waals surface area (Å²) in [5.74, 6) is -0.657. The Morgan fingerprint density at radius 2 is 1.79 bits per heavy atom. The second kappa shape index (κ2) is 6.51. The molecule has 1 amide bonds. The zero-order valence-corrected chi connectivity index (χ0v) is 13.6. The number of rotatable bonds is 3. The van der Waals surface area contributed by atoms with Gasteiger partial charge in [0.05, 0.1) is 0 Å². The van der Waals surface area contributed by atoms with E-state index in [9.17, 15) is 13.6 Å². The maximum atomic E-state index is 13.7. The van der Waals surface area contributed by atoms with E-state index >= 15 is 0 Å². The summed E-state index contributed by atoms with van der Waals surface area (Å²) in [6.45, 7) is 4.90. The second-order valence-corrected chi connectivity index (χ2v) is 5.92. The third-order valence-electron chi connectivity index (χ3n) is 3.94. The molecular weight excluding hydrogens is 314 g/mol. The number of hydrogen-bond acceptors (Lipinski definition) is 4. The van der Waals surface area contributed by atoms with Gasteiger partial charge in [-0.15, -0.1) is 0 Å². The molecule has 0 aliphatic carbocycles. The predicted molar refractivity (Wildman–Crippen MR) is 85.5 cm³/mol. The third-order valence-corrected chi connectivity index (χ3v) is 3.94. The highest BCUT2D eigenvalue weighted by atomic mass is 19.1.